The fourth-order valence-corrected chi connectivity index (χ4v) is 2.93. The molecule has 2 aromatic rings. The number of benzene rings is 2. The van der Waals surface area contributed by atoms with Gasteiger partial charge in [-0.15, -0.1) is 0 Å². The number of hydrogen-bond acceptors (Lipinski definition) is 3. The van der Waals surface area contributed by atoms with E-state index < -0.39 is 21.5 Å². The predicted molar refractivity (Wildman–Crippen MR) is 88.9 cm³/mol. The Morgan fingerprint density at radius 2 is 1.82 bits per heavy atom. The van der Waals surface area contributed by atoms with Gasteiger partial charge in [-0.1, -0.05) is 28.1 Å². The number of nitrogens with one attached hydrogen (secondary N) is 1. The highest BCUT2D eigenvalue weighted by atomic mass is 79.9. The molecule has 8 heteroatoms. The van der Waals surface area contributed by atoms with Crippen molar-refractivity contribution < 1.29 is 17.2 Å². The lowest BCUT2D eigenvalue weighted by Gasteiger charge is -2.11. The molecule has 116 valence electrons. The molecule has 0 aromatic heterocycles. The van der Waals surface area contributed by atoms with Crippen LogP contribution in [-0.2, 0) is 9.84 Å². The summed E-state index contributed by atoms with van der Waals surface area (Å²) in [7, 11) is -3.51. The summed E-state index contributed by atoms with van der Waals surface area (Å²) in [6.45, 7) is 0. The molecule has 0 aliphatic heterocycles. The average molecular weight is 406 g/mol. The van der Waals surface area contributed by atoms with E-state index in [2.05, 4.69) is 21.2 Å². The molecule has 0 saturated heterocycles. The van der Waals surface area contributed by atoms with E-state index in [1.807, 2.05) is 0 Å². The van der Waals surface area contributed by atoms with Crippen molar-refractivity contribution in [3.05, 3.63) is 58.1 Å². The summed E-state index contributed by atoms with van der Waals surface area (Å²) in [6, 6.07) is 7.69. The molecule has 0 aliphatic carbocycles. The second-order valence-electron chi connectivity index (χ2n) is 4.49. The monoisotopic (exact) mass is 405 g/mol. The van der Waals surface area contributed by atoms with Crippen LogP contribution in [0.1, 0.15) is 5.56 Å². The second-order valence-corrected chi connectivity index (χ2v) is 7.83. The first kappa shape index (κ1) is 17.0. The third-order valence-corrected chi connectivity index (χ3v) is 4.72. The largest absolute Gasteiger partial charge is 0.344 e. The number of halogens is 3. The van der Waals surface area contributed by atoms with E-state index in [1.165, 1.54) is 24.3 Å². The number of rotatable bonds is 3. The summed E-state index contributed by atoms with van der Waals surface area (Å²) in [5.74, 6) is -1.34. The van der Waals surface area contributed by atoms with Crippen molar-refractivity contribution in [1.29, 1.82) is 0 Å². The molecule has 0 heterocycles. The molecule has 2 rings (SSSR count). The molecule has 0 radical (unpaired) electrons. The van der Waals surface area contributed by atoms with Gasteiger partial charge < -0.3 is 5.32 Å². The summed E-state index contributed by atoms with van der Waals surface area (Å²) in [6.07, 6.45) is 0.981. The molecular weight excluding hydrogens is 396 g/mol. The highest BCUT2D eigenvalue weighted by Gasteiger charge is 2.14. The lowest BCUT2D eigenvalue weighted by Crippen LogP contribution is -2.14. The molecular formula is C14H10BrF2NO2S2. The van der Waals surface area contributed by atoms with Crippen molar-refractivity contribution in [3.63, 3.8) is 0 Å². The lowest BCUT2D eigenvalue weighted by molar-refractivity contribution is 0.595. The Kier molecular flexibility index (Phi) is 4.93. The van der Waals surface area contributed by atoms with Gasteiger partial charge in [0.2, 0.25) is 0 Å². The van der Waals surface area contributed by atoms with Gasteiger partial charge in [0.05, 0.1) is 10.6 Å². The van der Waals surface area contributed by atoms with Crippen LogP contribution in [0.2, 0.25) is 0 Å². The highest BCUT2D eigenvalue weighted by molar-refractivity contribution is 9.10. The Bertz CT molecular complexity index is 854. The number of thiocarbonyl (C=S) groups is 1. The Labute approximate surface area is 140 Å². The molecule has 0 aliphatic rings. The van der Waals surface area contributed by atoms with Crippen LogP contribution >= 0.6 is 28.1 Å². The van der Waals surface area contributed by atoms with Crippen molar-refractivity contribution in [2.24, 2.45) is 0 Å². The number of anilines is 1. The van der Waals surface area contributed by atoms with Gasteiger partial charge in [-0.2, -0.15) is 0 Å². The Morgan fingerprint density at radius 3 is 2.36 bits per heavy atom. The van der Waals surface area contributed by atoms with Crippen molar-refractivity contribution in [2.75, 3.05) is 11.6 Å². The van der Waals surface area contributed by atoms with Gasteiger partial charge in [-0.25, -0.2) is 17.2 Å². The van der Waals surface area contributed by atoms with Crippen LogP contribution in [0.4, 0.5) is 14.5 Å². The average Bonchev–Trinajstić information content (AvgIpc) is 2.40. The maximum absolute atomic E-state index is 14.0. The van der Waals surface area contributed by atoms with Crippen LogP contribution < -0.4 is 5.32 Å². The van der Waals surface area contributed by atoms with E-state index >= 15 is 0 Å². The maximum atomic E-state index is 14.0. The van der Waals surface area contributed by atoms with Crippen molar-refractivity contribution >= 4 is 48.7 Å². The van der Waals surface area contributed by atoms with E-state index in [1.54, 1.807) is 6.07 Å². The molecule has 0 atom stereocenters. The fraction of sp³-hybridized carbons (Fsp3) is 0.0714. The van der Waals surface area contributed by atoms with Gasteiger partial charge in [0.15, 0.2) is 9.84 Å². The Hall–Kier alpha value is -1.38. The van der Waals surface area contributed by atoms with Crippen LogP contribution in [0.5, 0.6) is 0 Å². The van der Waals surface area contributed by atoms with Gasteiger partial charge in [0, 0.05) is 16.3 Å². The molecule has 0 spiro atoms. The van der Waals surface area contributed by atoms with Crippen LogP contribution in [0.15, 0.2) is 45.8 Å². The zero-order valence-corrected chi connectivity index (χ0v) is 14.4. The molecule has 0 unspecified atom stereocenters. The molecule has 0 amide bonds. The summed E-state index contributed by atoms with van der Waals surface area (Å²) in [5.41, 5.74) is 0.0875. The van der Waals surface area contributed by atoms with Gasteiger partial charge >= 0.3 is 0 Å². The van der Waals surface area contributed by atoms with Gasteiger partial charge in [0.1, 0.15) is 16.6 Å². The summed E-state index contributed by atoms with van der Waals surface area (Å²) in [4.78, 5) is -0.190. The Morgan fingerprint density at radius 1 is 1.14 bits per heavy atom. The molecule has 0 bridgehead atoms. The van der Waals surface area contributed by atoms with E-state index in [-0.39, 0.29) is 21.1 Å². The minimum absolute atomic E-state index is 0.00952. The molecule has 2 aromatic carbocycles. The number of sulfone groups is 1. The van der Waals surface area contributed by atoms with Crippen LogP contribution in [0.25, 0.3) is 0 Å². The van der Waals surface area contributed by atoms with E-state index in [4.69, 9.17) is 12.2 Å². The predicted octanol–water partition coefficient (Wildman–Crippen LogP) is 3.92. The van der Waals surface area contributed by atoms with E-state index in [0.717, 1.165) is 12.3 Å². The van der Waals surface area contributed by atoms with Crippen LogP contribution in [0.3, 0.4) is 0 Å². The highest BCUT2D eigenvalue weighted by Crippen LogP contribution is 2.21. The van der Waals surface area contributed by atoms with Gasteiger partial charge in [-0.3, -0.25) is 0 Å². The standard InChI is InChI=1S/C14H10BrF2NO2S2/c1-22(19,20)9-3-4-10(11(16)7-9)14(21)18-13-5-2-8(15)6-12(13)17/h2-7H,1H3,(H,18,21). The third-order valence-electron chi connectivity index (χ3n) is 2.79. The minimum Gasteiger partial charge on any atom is -0.344 e. The fourth-order valence-electron chi connectivity index (χ4n) is 1.69. The normalized spacial score (nSPS) is 11.3. The van der Waals surface area contributed by atoms with Crippen LogP contribution in [-0.4, -0.2) is 19.7 Å². The molecule has 0 fully saturated rings. The quantitative estimate of drug-likeness (QED) is 0.786. The minimum atomic E-state index is -3.51. The van der Waals surface area contributed by atoms with Crippen molar-refractivity contribution in [1.82, 2.24) is 0 Å². The van der Waals surface area contributed by atoms with Crippen molar-refractivity contribution in [3.8, 4) is 0 Å². The topological polar surface area (TPSA) is 46.2 Å². The summed E-state index contributed by atoms with van der Waals surface area (Å²) < 4.78 is 51.0. The first-order chi connectivity index (χ1) is 10.2. The lowest BCUT2D eigenvalue weighted by atomic mass is 10.2. The maximum Gasteiger partial charge on any atom is 0.175 e. The molecule has 22 heavy (non-hydrogen) atoms. The van der Waals surface area contributed by atoms with Crippen LogP contribution in [0, 0.1) is 11.6 Å². The third kappa shape index (κ3) is 3.88. The first-order valence-electron chi connectivity index (χ1n) is 5.94. The zero-order valence-electron chi connectivity index (χ0n) is 11.2. The van der Waals surface area contributed by atoms with Crippen molar-refractivity contribution in [2.45, 2.75) is 4.90 Å². The summed E-state index contributed by atoms with van der Waals surface area (Å²) >= 11 is 8.17. The molecule has 1 N–H and O–H groups in total. The molecule has 0 saturated carbocycles. The first-order valence-corrected chi connectivity index (χ1v) is 9.04. The molecule has 3 nitrogen and oxygen atoms in total. The number of hydrogen-bond donors (Lipinski definition) is 1. The van der Waals surface area contributed by atoms with Gasteiger partial charge in [0.25, 0.3) is 0 Å². The zero-order chi connectivity index (χ0) is 16.5. The Balaban J connectivity index is 2.30. The van der Waals surface area contributed by atoms with Gasteiger partial charge in [-0.05, 0) is 36.4 Å². The summed E-state index contributed by atoms with van der Waals surface area (Å²) in [5, 5.41) is 2.60. The van der Waals surface area contributed by atoms with E-state index in [9.17, 15) is 17.2 Å². The van der Waals surface area contributed by atoms with E-state index in [0.29, 0.717) is 4.47 Å². The SMILES string of the molecule is CS(=O)(=O)c1ccc(C(=S)Nc2ccc(Br)cc2F)c(F)c1. The second kappa shape index (κ2) is 6.39. The smallest absolute Gasteiger partial charge is 0.175 e.